The van der Waals surface area contributed by atoms with E-state index in [0.717, 1.165) is 16.2 Å². The average molecular weight is 386 g/mol. The molecule has 1 atom stereocenters. The van der Waals surface area contributed by atoms with Crippen LogP contribution in [-0.2, 0) is 16.8 Å². The van der Waals surface area contributed by atoms with Crippen LogP contribution in [0.2, 0.25) is 0 Å². The summed E-state index contributed by atoms with van der Waals surface area (Å²) in [5.74, 6) is 0.400. The summed E-state index contributed by atoms with van der Waals surface area (Å²) in [7, 11) is 0. The van der Waals surface area contributed by atoms with Gasteiger partial charge in [-0.2, -0.15) is 0 Å². The van der Waals surface area contributed by atoms with Gasteiger partial charge < -0.3 is 14.8 Å². The molecule has 0 radical (unpaired) electrons. The molecule has 0 unspecified atom stereocenters. The topological polar surface area (TPSA) is 84.9 Å². The van der Waals surface area contributed by atoms with Crippen molar-refractivity contribution in [2.75, 3.05) is 13.3 Å². The lowest BCUT2D eigenvalue weighted by molar-refractivity contribution is -0.130. The molecule has 8 heteroatoms. The molecule has 2 aliphatic heterocycles. The Balaban J connectivity index is 1.57. The van der Waals surface area contributed by atoms with Gasteiger partial charge in [0.25, 0.3) is 5.91 Å². The maximum absolute atomic E-state index is 13.0. The van der Waals surface area contributed by atoms with Gasteiger partial charge in [-0.05, 0) is 43.2 Å². The molecule has 1 aromatic carbocycles. The number of benzene rings is 1. The molecule has 2 aliphatic rings. The molecule has 0 saturated carbocycles. The number of amides is 3. The second-order valence-corrected chi connectivity index (χ2v) is 7.73. The quantitative estimate of drug-likeness (QED) is 0.631. The highest BCUT2D eigenvalue weighted by Gasteiger charge is 2.50. The van der Waals surface area contributed by atoms with Crippen LogP contribution < -0.4 is 14.8 Å². The number of thiophene rings is 1. The van der Waals surface area contributed by atoms with Gasteiger partial charge in [0.05, 0.1) is 11.4 Å². The smallest absolute Gasteiger partial charge is 0.325 e. The van der Waals surface area contributed by atoms with E-state index < -0.39 is 17.5 Å². The second kappa shape index (κ2) is 6.38. The van der Waals surface area contributed by atoms with E-state index in [1.54, 1.807) is 31.2 Å². The zero-order chi connectivity index (χ0) is 19.2. The third-order valence-electron chi connectivity index (χ3n) is 4.81. The first-order valence-electron chi connectivity index (χ1n) is 8.58. The van der Waals surface area contributed by atoms with Crippen LogP contribution in [-0.4, -0.2) is 36.0 Å². The van der Waals surface area contributed by atoms with Crippen LogP contribution in [0.25, 0.3) is 0 Å². The molecule has 1 aromatic heterocycles. The highest BCUT2D eigenvalue weighted by atomic mass is 32.1. The van der Waals surface area contributed by atoms with E-state index in [2.05, 4.69) is 5.32 Å². The zero-order valence-corrected chi connectivity index (χ0v) is 15.7. The van der Waals surface area contributed by atoms with E-state index in [4.69, 9.17) is 9.47 Å². The molecule has 2 aromatic rings. The number of aryl methyl sites for hydroxylation is 1. The number of hydrogen-bond acceptors (Lipinski definition) is 6. The van der Waals surface area contributed by atoms with Crippen molar-refractivity contribution in [1.29, 1.82) is 0 Å². The van der Waals surface area contributed by atoms with Gasteiger partial charge in [0.1, 0.15) is 5.54 Å². The van der Waals surface area contributed by atoms with Gasteiger partial charge >= 0.3 is 6.03 Å². The summed E-state index contributed by atoms with van der Waals surface area (Å²) in [4.78, 5) is 40.5. The largest absolute Gasteiger partial charge is 0.454 e. The molecule has 4 rings (SSSR count). The Kier molecular flexibility index (Phi) is 4.15. The van der Waals surface area contributed by atoms with E-state index in [1.165, 1.54) is 11.3 Å². The van der Waals surface area contributed by atoms with Gasteiger partial charge in [0, 0.05) is 4.88 Å². The number of fused-ring (bicyclic) bond motifs is 1. The number of rotatable bonds is 5. The number of hydrogen-bond donors (Lipinski definition) is 1. The highest BCUT2D eigenvalue weighted by molar-refractivity contribution is 7.14. The molecule has 3 amide bonds. The Morgan fingerprint density at radius 3 is 2.74 bits per heavy atom. The van der Waals surface area contributed by atoms with Gasteiger partial charge in [0.2, 0.25) is 6.79 Å². The lowest BCUT2D eigenvalue weighted by atomic mass is 9.91. The van der Waals surface area contributed by atoms with Gasteiger partial charge in [-0.1, -0.05) is 13.0 Å². The molecule has 3 heterocycles. The van der Waals surface area contributed by atoms with E-state index in [1.807, 2.05) is 13.0 Å². The van der Waals surface area contributed by atoms with Crippen LogP contribution in [0.15, 0.2) is 30.3 Å². The minimum absolute atomic E-state index is 0.122. The van der Waals surface area contributed by atoms with E-state index in [0.29, 0.717) is 21.9 Å². The summed E-state index contributed by atoms with van der Waals surface area (Å²) >= 11 is 1.39. The molecular weight excluding hydrogens is 368 g/mol. The minimum Gasteiger partial charge on any atom is -0.454 e. The van der Waals surface area contributed by atoms with Crippen LogP contribution >= 0.6 is 11.3 Å². The Morgan fingerprint density at radius 2 is 2.00 bits per heavy atom. The number of nitrogens with zero attached hydrogens (tertiary/aromatic N) is 1. The second-order valence-electron chi connectivity index (χ2n) is 6.56. The van der Waals surface area contributed by atoms with Crippen molar-refractivity contribution in [2.24, 2.45) is 0 Å². The molecular formula is C19H18N2O5S. The molecule has 7 nitrogen and oxygen atoms in total. The molecule has 1 N–H and O–H groups in total. The first kappa shape index (κ1) is 17.5. The SMILES string of the molecule is CCc1ccc(C(=O)CN2C(=O)N[C@@](C)(c3ccc4c(c3)OCO4)C2=O)s1. The van der Waals surface area contributed by atoms with Crippen LogP contribution in [0.3, 0.4) is 0 Å². The zero-order valence-electron chi connectivity index (χ0n) is 14.9. The van der Waals surface area contributed by atoms with Crippen molar-refractivity contribution >= 4 is 29.1 Å². The van der Waals surface area contributed by atoms with Crippen molar-refractivity contribution in [3.63, 3.8) is 0 Å². The predicted octanol–water partition coefficient (Wildman–Crippen LogP) is 2.69. The summed E-state index contributed by atoms with van der Waals surface area (Å²) < 4.78 is 10.6. The number of imide groups is 1. The number of ketones is 1. The van der Waals surface area contributed by atoms with Crippen molar-refractivity contribution in [2.45, 2.75) is 25.8 Å². The Labute approximate surface area is 159 Å². The molecule has 0 aliphatic carbocycles. The monoisotopic (exact) mass is 386 g/mol. The normalized spacial score (nSPS) is 20.9. The Hall–Kier alpha value is -2.87. The van der Waals surface area contributed by atoms with Crippen molar-refractivity contribution in [1.82, 2.24) is 10.2 Å². The molecule has 1 saturated heterocycles. The summed E-state index contributed by atoms with van der Waals surface area (Å²) in [5.41, 5.74) is -0.688. The number of ether oxygens (including phenoxy) is 2. The van der Waals surface area contributed by atoms with E-state index in [-0.39, 0.29) is 19.1 Å². The van der Waals surface area contributed by atoms with Gasteiger partial charge in [-0.15, -0.1) is 11.3 Å². The molecule has 0 bridgehead atoms. The molecule has 0 spiro atoms. The molecule has 140 valence electrons. The maximum Gasteiger partial charge on any atom is 0.325 e. The third-order valence-corrected chi connectivity index (χ3v) is 6.08. The summed E-state index contributed by atoms with van der Waals surface area (Å²) in [6.07, 6.45) is 0.837. The Bertz CT molecular complexity index is 953. The molecule has 1 fully saturated rings. The van der Waals surface area contributed by atoms with Crippen molar-refractivity contribution in [3.8, 4) is 11.5 Å². The van der Waals surface area contributed by atoms with Crippen molar-refractivity contribution < 1.29 is 23.9 Å². The number of Topliss-reactive ketones (excluding diaryl/α,β-unsaturated/α-hetero) is 1. The van der Waals surface area contributed by atoms with Crippen LogP contribution in [0.5, 0.6) is 11.5 Å². The van der Waals surface area contributed by atoms with Gasteiger partial charge in [0.15, 0.2) is 17.3 Å². The van der Waals surface area contributed by atoms with E-state index >= 15 is 0 Å². The number of carbonyl (C=O) groups is 3. The third kappa shape index (κ3) is 2.86. The fraction of sp³-hybridized carbons (Fsp3) is 0.316. The minimum atomic E-state index is -1.26. The number of urea groups is 1. The fourth-order valence-electron chi connectivity index (χ4n) is 3.18. The van der Waals surface area contributed by atoms with Crippen LogP contribution in [0, 0.1) is 0 Å². The number of carbonyl (C=O) groups excluding carboxylic acids is 3. The first-order valence-corrected chi connectivity index (χ1v) is 9.40. The predicted molar refractivity (Wildman–Crippen MR) is 98.2 cm³/mol. The highest BCUT2D eigenvalue weighted by Crippen LogP contribution is 2.37. The fourth-order valence-corrected chi connectivity index (χ4v) is 4.06. The summed E-state index contributed by atoms with van der Waals surface area (Å²) in [6.45, 7) is 3.47. The standard InChI is InChI=1S/C19H18N2O5S/c1-3-12-5-7-16(27-12)13(22)9-21-17(23)19(2,20-18(21)24)11-4-6-14-15(8-11)26-10-25-14/h4-8H,3,9-10H2,1-2H3,(H,20,24)/t19-/m0/s1. The van der Waals surface area contributed by atoms with Gasteiger partial charge in [-0.25, -0.2) is 4.79 Å². The van der Waals surface area contributed by atoms with Crippen molar-refractivity contribution in [3.05, 3.63) is 45.6 Å². The lowest BCUT2D eigenvalue weighted by Crippen LogP contribution is -2.41. The van der Waals surface area contributed by atoms with E-state index in [9.17, 15) is 14.4 Å². The Morgan fingerprint density at radius 1 is 1.22 bits per heavy atom. The lowest BCUT2D eigenvalue weighted by Gasteiger charge is -2.22. The number of nitrogens with one attached hydrogen (secondary N) is 1. The average Bonchev–Trinajstić information content (AvgIpc) is 3.36. The summed E-state index contributed by atoms with van der Waals surface area (Å²) in [5, 5.41) is 2.70. The summed E-state index contributed by atoms with van der Waals surface area (Å²) in [6, 6.07) is 8.14. The van der Waals surface area contributed by atoms with Crippen LogP contribution in [0.4, 0.5) is 4.79 Å². The first-order chi connectivity index (χ1) is 12.9. The maximum atomic E-state index is 13.0. The molecule has 27 heavy (non-hydrogen) atoms. The van der Waals surface area contributed by atoms with Crippen LogP contribution in [0.1, 0.15) is 34.0 Å². The van der Waals surface area contributed by atoms with Gasteiger partial charge in [-0.3, -0.25) is 14.5 Å².